The van der Waals surface area contributed by atoms with Crippen LogP contribution in [0.4, 0.5) is 11.4 Å². The summed E-state index contributed by atoms with van der Waals surface area (Å²) in [6.45, 7) is 8.36. The molecule has 0 amide bonds. The van der Waals surface area contributed by atoms with Gasteiger partial charge in [0, 0.05) is 11.4 Å². The molecule has 2 aliphatic rings. The Balaban J connectivity index is 1.70. The standard InChI is InChI=1S/C24H28BNO2/c1-23(2)24(3,4)28-25(27-23)19-12-11-17-22(18-19)26(20-13-7-5-8-14-20)21-15-9-6-10-16-21/h5-15,17-18,21H,16H2,1-4H3. The topological polar surface area (TPSA) is 21.7 Å². The lowest BCUT2D eigenvalue weighted by Gasteiger charge is -2.33. The molecule has 1 unspecified atom stereocenters. The van der Waals surface area contributed by atoms with Crippen LogP contribution in [0, 0.1) is 0 Å². The zero-order valence-electron chi connectivity index (χ0n) is 17.1. The van der Waals surface area contributed by atoms with E-state index in [1.54, 1.807) is 0 Å². The summed E-state index contributed by atoms with van der Waals surface area (Å²) in [5, 5.41) is 0. The molecule has 4 rings (SSSR count). The first-order valence-corrected chi connectivity index (χ1v) is 10.0. The lowest BCUT2D eigenvalue weighted by molar-refractivity contribution is 0.00578. The molecular weight excluding hydrogens is 345 g/mol. The van der Waals surface area contributed by atoms with Crippen molar-refractivity contribution < 1.29 is 9.31 Å². The second-order valence-corrected chi connectivity index (χ2v) is 8.50. The molecule has 2 aromatic rings. The summed E-state index contributed by atoms with van der Waals surface area (Å²) in [5.41, 5.74) is 2.68. The highest BCUT2D eigenvalue weighted by molar-refractivity contribution is 6.62. The zero-order valence-corrected chi connectivity index (χ0v) is 17.1. The van der Waals surface area contributed by atoms with Crippen LogP contribution in [-0.2, 0) is 9.31 Å². The molecule has 1 aliphatic carbocycles. The van der Waals surface area contributed by atoms with Crippen molar-refractivity contribution in [1.82, 2.24) is 0 Å². The van der Waals surface area contributed by atoms with Gasteiger partial charge in [-0.15, -0.1) is 0 Å². The van der Waals surface area contributed by atoms with Crippen LogP contribution < -0.4 is 10.4 Å². The Hall–Kier alpha value is -2.30. The molecule has 1 fully saturated rings. The van der Waals surface area contributed by atoms with Crippen LogP contribution in [0.15, 0.2) is 78.9 Å². The lowest BCUT2D eigenvalue weighted by Crippen LogP contribution is -2.41. The van der Waals surface area contributed by atoms with E-state index >= 15 is 0 Å². The van der Waals surface area contributed by atoms with E-state index in [4.69, 9.17) is 9.31 Å². The van der Waals surface area contributed by atoms with Gasteiger partial charge >= 0.3 is 7.12 Å². The first kappa shape index (κ1) is 19.0. The first-order chi connectivity index (χ1) is 13.4. The molecule has 2 aromatic carbocycles. The zero-order chi connectivity index (χ0) is 19.8. The van der Waals surface area contributed by atoms with Crippen LogP contribution in [0.25, 0.3) is 0 Å². The quantitative estimate of drug-likeness (QED) is 0.704. The highest BCUT2D eigenvalue weighted by Gasteiger charge is 2.51. The molecule has 0 N–H and O–H groups in total. The predicted molar refractivity (Wildman–Crippen MR) is 117 cm³/mol. The smallest absolute Gasteiger partial charge is 0.399 e. The maximum atomic E-state index is 6.27. The highest BCUT2D eigenvalue weighted by Crippen LogP contribution is 2.37. The van der Waals surface area contributed by atoms with Crippen molar-refractivity contribution in [2.45, 2.75) is 51.4 Å². The fourth-order valence-corrected chi connectivity index (χ4v) is 3.68. The van der Waals surface area contributed by atoms with Crippen molar-refractivity contribution >= 4 is 24.0 Å². The van der Waals surface area contributed by atoms with Crippen LogP contribution in [-0.4, -0.2) is 24.4 Å². The summed E-state index contributed by atoms with van der Waals surface area (Å²) in [4.78, 5) is 2.38. The second kappa shape index (κ2) is 7.27. The third-order valence-electron chi connectivity index (χ3n) is 6.00. The van der Waals surface area contributed by atoms with Gasteiger partial charge in [0.2, 0.25) is 0 Å². The summed E-state index contributed by atoms with van der Waals surface area (Å²) in [5.74, 6) is 0. The van der Waals surface area contributed by atoms with Crippen LogP contribution in [0.3, 0.4) is 0 Å². The van der Waals surface area contributed by atoms with Gasteiger partial charge in [-0.25, -0.2) is 0 Å². The minimum atomic E-state index is -0.357. The van der Waals surface area contributed by atoms with Gasteiger partial charge in [0.05, 0.1) is 17.2 Å². The maximum absolute atomic E-state index is 6.27. The van der Waals surface area contributed by atoms with Crippen LogP contribution in [0.5, 0.6) is 0 Å². The number of para-hydroxylation sites is 1. The van der Waals surface area contributed by atoms with E-state index in [9.17, 15) is 0 Å². The average Bonchev–Trinajstić information content (AvgIpc) is 2.91. The van der Waals surface area contributed by atoms with Crippen molar-refractivity contribution in [2.24, 2.45) is 0 Å². The van der Waals surface area contributed by atoms with Gasteiger partial charge < -0.3 is 14.2 Å². The van der Waals surface area contributed by atoms with Crippen molar-refractivity contribution in [3.8, 4) is 0 Å². The van der Waals surface area contributed by atoms with Crippen molar-refractivity contribution in [3.05, 3.63) is 78.9 Å². The molecule has 0 radical (unpaired) electrons. The summed E-state index contributed by atoms with van der Waals surface area (Å²) in [6.07, 6.45) is 9.70. The van der Waals surface area contributed by atoms with E-state index in [-0.39, 0.29) is 24.4 Å². The molecule has 0 saturated carbocycles. The fourth-order valence-electron chi connectivity index (χ4n) is 3.68. The van der Waals surface area contributed by atoms with Crippen LogP contribution in [0.2, 0.25) is 0 Å². The third kappa shape index (κ3) is 3.55. The molecule has 0 bridgehead atoms. The number of benzene rings is 2. The molecule has 1 heterocycles. The molecule has 1 aliphatic heterocycles. The summed E-state index contributed by atoms with van der Waals surface area (Å²) < 4.78 is 12.5. The Kier molecular flexibility index (Phi) is 4.94. The van der Waals surface area contributed by atoms with Gasteiger partial charge in [0.25, 0.3) is 0 Å². The molecule has 1 atom stereocenters. The minimum Gasteiger partial charge on any atom is -0.399 e. The van der Waals surface area contributed by atoms with Gasteiger partial charge in [-0.1, -0.05) is 54.6 Å². The van der Waals surface area contributed by atoms with E-state index in [0.717, 1.165) is 17.6 Å². The Morgan fingerprint density at radius 3 is 2.18 bits per heavy atom. The number of hydrogen-bond donors (Lipinski definition) is 0. The highest BCUT2D eigenvalue weighted by atomic mass is 16.7. The molecule has 1 saturated heterocycles. The number of nitrogens with zero attached hydrogens (tertiary/aromatic N) is 1. The average molecular weight is 373 g/mol. The van der Waals surface area contributed by atoms with Crippen molar-refractivity contribution in [2.75, 3.05) is 4.90 Å². The Labute approximate surface area is 168 Å². The molecule has 144 valence electrons. The molecule has 3 nitrogen and oxygen atoms in total. The van der Waals surface area contributed by atoms with Crippen LogP contribution >= 0.6 is 0 Å². The molecular formula is C24H28BNO2. The number of rotatable bonds is 4. The largest absolute Gasteiger partial charge is 0.494 e. The second-order valence-electron chi connectivity index (χ2n) is 8.50. The summed E-state index contributed by atoms with van der Waals surface area (Å²) in [6, 6.07) is 19.4. The van der Waals surface area contributed by atoms with E-state index in [1.807, 2.05) is 0 Å². The van der Waals surface area contributed by atoms with Gasteiger partial charge in [0.15, 0.2) is 0 Å². The number of anilines is 2. The molecule has 0 aromatic heterocycles. The molecule has 28 heavy (non-hydrogen) atoms. The summed E-state index contributed by atoms with van der Waals surface area (Å²) in [7, 11) is -0.357. The Morgan fingerprint density at radius 1 is 0.857 bits per heavy atom. The first-order valence-electron chi connectivity index (χ1n) is 10.0. The van der Waals surface area contributed by atoms with Crippen molar-refractivity contribution in [1.29, 1.82) is 0 Å². The lowest BCUT2D eigenvalue weighted by atomic mass is 9.79. The summed E-state index contributed by atoms with van der Waals surface area (Å²) >= 11 is 0. The van der Waals surface area contributed by atoms with Gasteiger partial charge in [-0.3, -0.25) is 0 Å². The predicted octanol–water partition coefficient (Wildman–Crippen LogP) is 5.01. The van der Waals surface area contributed by atoms with Gasteiger partial charge in [0.1, 0.15) is 0 Å². The van der Waals surface area contributed by atoms with E-state index < -0.39 is 0 Å². The Bertz CT molecular complexity index is 872. The number of allylic oxidation sites excluding steroid dienone is 2. The molecule has 0 spiro atoms. The Morgan fingerprint density at radius 2 is 1.54 bits per heavy atom. The monoisotopic (exact) mass is 373 g/mol. The molecule has 4 heteroatoms. The SMILES string of the molecule is CC1(C)OB(c2cccc(N(c3ccccc3)C3C=CC=CC3)c2)OC1(C)C. The van der Waals surface area contributed by atoms with Crippen LogP contribution in [0.1, 0.15) is 34.1 Å². The number of hydrogen-bond acceptors (Lipinski definition) is 3. The van der Waals surface area contributed by atoms with E-state index in [0.29, 0.717) is 0 Å². The maximum Gasteiger partial charge on any atom is 0.494 e. The van der Waals surface area contributed by atoms with Gasteiger partial charge in [-0.2, -0.15) is 0 Å². The fraction of sp³-hybridized carbons (Fsp3) is 0.333. The minimum absolute atomic E-state index is 0.279. The van der Waals surface area contributed by atoms with E-state index in [2.05, 4.69) is 111 Å². The van der Waals surface area contributed by atoms with Gasteiger partial charge in [-0.05, 0) is 63.8 Å². The van der Waals surface area contributed by atoms with E-state index in [1.165, 1.54) is 5.69 Å². The van der Waals surface area contributed by atoms with Crippen molar-refractivity contribution in [3.63, 3.8) is 0 Å². The third-order valence-corrected chi connectivity index (χ3v) is 6.00. The normalized spacial score (nSPS) is 22.4.